The van der Waals surface area contributed by atoms with Gasteiger partial charge in [-0.1, -0.05) is 11.6 Å². The minimum atomic E-state index is -0.400. The van der Waals surface area contributed by atoms with Crippen molar-refractivity contribution in [1.29, 1.82) is 0 Å². The number of pyridine rings is 1. The summed E-state index contributed by atoms with van der Waals surface area (Å²) in [6.07, 6.45) is 3.45. The number of likely N-dealkylation sites (tertiary alicyclic amines) is 1. The van der Waals surface area contributed by atoms with Gasteiger partial charge in [0.15, 0.2) is 0 Å². The molecule has 148 valence electrons. The zero-order chi connectivity index (χ0) is 19.7. The topological polar surface area (TPSA) is 82.7 Å². The van der Waals surface area contributed by atoms with Gasteiger partial charge in [0.1, 0.15) is 5.56 Å². The molecule has 1 aromatic heterocycles. The molecule has 4 rings (SSSR count). The van der Waals surface area contributed by atoms with Crippen LogP contribution in [0.25, 0.3) is 10.9 Å². The van der Waals surface area contributed by atoms with Crippen molar-refractivity contribution < 1.29 is 14.3 Å². The summed E-state index contributed by atoms with van der Waals surface area (Å²) in [5.41, 5.74) is 0.294. The summed E-state index contributed by atoms with van der Waals surface area (Å²) in [6, 6.07) is 4.88. The molecule has 3 heterocycles. The maximum atomic E-state index is 13.1. The number of aromatic amines is 1. The first-order valence-electron chi connectivity index (χ1n) is 9.51. The van der Waals surface area contributed by atoms with Crippen molar-refractivity contribution in [3.8, 4) is 0 Å². The Bertz CT molecular complexity index is 968. The molecule has 0 saturated carbocycles. The Kier molecular flexibility index (Phi) is 5.37. The first kappa shape index (κ1) is 19.0. The number of benzene rings is 1. The van der Waals surface area contributed by atoms with Crippen LogP contribution in [0.15, 0.2) is 29.2 Å². The molecule has 2 aromatic rings. The third kappa shape index (κ3) is 3.64. The van der Waals surface area contributed by atoms with Crippen LogP contribution in [0.3, 0.4) is 0 Å². The van der Waals surface area contributed by atoms with Crippen LogP contribution in [0, 0.1) is 5.92 Å². The molecule has 1 N–H and O–H groups in total. The Hall–Kier alpha value is -2.38. The number of carbonyl (C=O) groups excluding carboxylic acids is 2. The maximum Gasteiger partial charge on any atom is 0.259 e. The fourth-order valence-electron chi connectivity index (χ4n) is 3.86. The van der Waals surface area contributed by atoms with Crippen LogP contribution < -0.4 is 5.43 Å². The lowest BCUT2D eigenvalue weighted by atomic mass is 10.1. The molecule has 1 unspecified atom stereocenters. The third-order valence-corrected chi connectivity index (χ3v) is 5.63. The van der Waals surface area contributed by atoms with Gasteiger partial charge in [-0.2, -0.15) is 0 Å². The van der Waals surface area contributed by atoms with E-state index >= 15 is 0 Å². The number of halogens is 1. The number of carbonyl (C=O) groups is 2. The van der Waals surface area contributed by atoms with E-state index < -0.39 is 5.92 Å². The highest BCUT2D eigenvalue weighted by molar-refractivity contribution is 6.31. The van der Waals surface area contributed by atoms with Crippen molar-refractivity contribution in [2.45, 2.75) is 12.8 Å². The van der Waals surface area contributed by atoms with Gasteiger partial charge in [-0.15, -0.1) is 0 Å². The maximum absolute atomic E-state index is 13.1. The molecule has 7 nitrogen and oxygen atoms in total. The summed E-state index contributed by atoms with van der Waals surface area (Å²) in [6.45, 7) is 2.77. The second-order valence-corrected chi connectivity index (χ2v) is 7.71. The van der Waals surface area contributed by atoms with Crippen LogP contribution in [-0.2, 0) is 9.53 Å². The van der Waals surface area contributed by atoms with Gasteiger partial charge >= 0.3 is 0 Å². The number of ether oxygens (including phenoxy) is 1. The third-order valence-electron chi connectivity index (χ3n) is 5.39. The number of nitrogens with one attached hydrogen (secondary N) is 1. The molecule has 1 aromatic carbocycles. The van der Waals surface area contributed by atoms with E-state index in [2.05, 4.69) is 4.98 Å². The molecule has 0 spiro atoms. The average molecular weight is 404 g/mol. The SMILES string of the molecule is O=C(c1c[nH]c2cc(Cl)ccc2c1=O)N1CCOCC(C(=O)N2CCCC2)C1. The molecule has 2 amide bonds. The Balaban J connectivity index is 1.58. The van der Waals surface area contributed by atoms with Crippen LogP contribution in [0.4, 0.5) is 0 Å². The quantitative estimate of drug-likeness (QED) is 0.830. The first-order valence-corrected chi connectivity index (χ1v) is 9.89. The molecule has 2 fully saturated rings. The van der Waals surface area contributed by atoms with Gasteiger partial charge in [0.05, 0.1) is 24.6 Å². The second kappa shape index (κ2) is 7.93. The molecular formula is C20H22ClN3O4. The van der Waals surface area contributed by atoms with Gasteiger partial charge < -0.3 is 19.5 Å². The highest BCUT2D eigenvalue weighted by atomic mass is 35.5. The van der Waals surface area contributed by atoms with E-state index in [1.807, 2.05) is 4.90 Å². The zero-order valence-electron chi connectivity index (χ0n) is 15.4. The van der Waals surface area contributed by atoms with Crippen LogP contribution >= 0.6 is 11.6 Å². The number of aromatic nitrogens is 1. The van der Waals surface area contributed by atoms with Gasteiger partial charge in [0.25, 0.3) is 5.91 Å². The molecule has 1 atom stereocenters. The molecule has 0 radical (unpaired) electrons. The Morgan fingerprint density at radius 2 is 1.93 bits per heavy atom. The van der Waals surface area contributed by atoms with Crippen LogP contribution in [-0.4, -0.2) is 66.0 Å². The summed E-state index contributed by atoms with van der Waals surface area (Å²) >= 11 is 5.97. The molecular weight excluding hydrogens is 382 g/mol. The number of nitrogens with zero attached hydrogens (tertiary/aromatic N) is 2. The second-order valence-electron chi connectivity index (χ2n) is 7.28. The summed E-state index contributed by atoms with van der Waals surface area (Å²) in [5.74, 6) is -0.759. The van der Waals surface area contributed by atoms with Gasteiger partial charge in [-0.05, 0) is 31.0 Å². The van der Waals surface area contributed by atoms with Crippen molar-refractivity contribution in [2.75, 3.05) is 39.4 Å². The fourth-order valence-corrected chi connectivity index (χ4v) is 4.04. The number of rotatable bonds is 2. The monoisotopic (exact) mass is 403 g/mol. The summed E-state index contributed by atoms with van der Waals surface area (Å²) < 4.78 is 5.58. The van der Waals surface area contributed by atoms with E-state index in [1.165, 1.54) is 6.20 Å². The number of hydrogen-bond acceptors (Lipinski definition) is 4. The predicted octanol–water partition coefficient (Wildman–Crippen LogP) is 1.89. The molecule has 2 saturated heterocycles. The van der Waals surface area contributed by atoms with E-state index in [9.17, 15) is 14.4 Å². The number of H-pyrrole nitrogens is 1. The fraction of sp³-hybridized carbons (Fsp3) is 0.450. The first-order chi connectivity index (χ1) is 13.5. The van der Waals surface area contributed by atoms with E-state index in [0.717, 1.165) is 25.9 Å². The minimum absolute atomic E-state index is 0.0271. The van der Waals surface area contributed by atoms with Crippen molar-refractivity contribution in [2.24, 2.45) is 5.92 Å². The summed E-state index contributed by atoms with van der Waals surface area (Å²) in [7, 11) is 0. The lowest BCUT2D eigenvalue weighted by Crippen LogP contribution is -2.43. The van der Waals surface area contributed by atoms with Crippen molar-refractivity contribution >= 4 is 34.3 Å². The summed E-state index contributed by atoms with van der Waals surface area (Å²) in [4.78, 5) is 45.0. The molecule has 2 aliphatic rings. The van der Waals surface area contributed by atoms with E-state index in [-0.39, 0.29) is 29.4 Å². The Morgan fingerprint density at radius 1 is 1.14 bits per heavy atom. The number of amides is 2. The molecule has 0 aliphatic carbocycles. The molecule has 2 aliphatic heterocycles. The van der Waals surface area contributed by atoms with Gasteiger partial charge in [0, 0.05) is 42.8 Å². The highest BCUT2D eigenvalue weighted by Gasteiger charge is 2.32. The minimum Gasteiger partial charge on any atom is -0.379 e. The number of fused-ring (bicyclic) bond motifs is 1. The lowest BCUT2D eigenvalue weighted by Gasteiger charge is -2.26. The zero-order valence-corrected chi connectivity index (χ0v) is 16.2. The normalized spacial score (nSPS) is 20.4. The Morgan fingerprint density at radius 3 is 2.71 bits per heavy atom. The van der Waals surface area contributed by atoms with Gasteiger partial charge in [0.2, 0.25) is 11.3 Å². The van der Waals surface area contributed by atoms with Crippen molar-refractivity contribution in [3.05, 3.63) is 45.2 Å². The molecule has 0 bridgehead atoms. The smallest absolute Gasteiger partial charge is 0.259 e. The van der Waals surface area contributed by atoms with Crippen LogP contribution in [0.5, 0.6) is 0 Å². The predicted molar refractivity (Wildman–Crippen MR) is 106 cm³/mol. The van der Waals surface area contributed by atoms with E-state index in [4.69, 9.17) is 16.3 Å². The average Bonchev–Trinajstić information content (AvgIpc) is 3.11. The van der Waals surface area contributed by atoms with Gasteiger partial charge in [-0.3, -0.25) is 14.4 Å². The molecule has 28 heavy (non-hydrogen) atoms. The standard InChI is InChI=1S/C20H22ClN3O4/c21-14-3-4-15-17(9-14)22-10-16(18(15)25)20(27)24-7-8-28-12-13(11-24)19(26)23-5-1-2-6-23/h3-4,9-10,13H,1-2,5-8,11-12H2,(H,22,25). The van der Waals surface area contributed by atoms with E-state index in [1.54, 1.807) is 23.1 Å². The number of hydrogen-bond donors (Lipinski definition) is 1. The lowest BCUT2D eigenvalue weighted by molar-refractivity contribution is -0.136. The van der Waals surface area contributed by atoms with E-state index in [0.29, 0.717) is 35.7 Å². The molecule has 8 heteroatoms. The van der Waals surface area contributed by atoms with Crippen LogP contribution in [0.2, 0.25) is 5.02 Å². The highest BCUT2D eigenvalue weighted by Crippen LogP contribution is 2.18. The van der Waals surface area contributed by atoms with Gasteiger partial charge in [-0.25, -0.2) is 0 Å². The largest absolute Gasteiger partial charge is 0.379 e. The van der Waals surface area contributed by atoms with Crippen molar-refractivity contribution in [1.82, 2.24) is 14.8 Å². The van der Waals surface area contributed by atoms with Crippen LogP contribution in [0.1, 0.15) is 23.2 Å². The van der Waals surface area contributed by atoms with Crippen molar-refractivity contribution in [3.63, 3.8) is 0 Å². The summed E-state index contributed by atoms with van der Waals surface area (Å²) in [5, 5.41) is 0.918. The Labute approximate surface area is 167 Å².